The predicted molar refractivity (Wildman–Crippen MR) is 53.3 cm³/mol. The maximum absolute atomic E-state index is 10.5. The number of nitrogens with one attached hydrogen (secondary N) is 1. The Morgan fingerprint density at radius 2 is 2.33 bits per heavy atom. The molecule has 1 aliphatic rings. The average Bonchev–Trinajstić information content (AvgIpc) is 1.81. The van der Waals surface area contributed by atoms with Crippen LogP contribution in [0.5, 0.6) is 0 Å². The van der Waals surface area contributed by atoms with Crippen molar-refractivity contribution in [1.29, 1.82) is 0 Å². The van der Waals surface area contributed by atoms with Crippen molar-refractivity contribution in [2.75, 3.05) is 4.93 Å². The molecule has 1 aliphatic heterocycles. The number of amides is 1. The standard InChI is InChI=1S/C2H5I2NO3S/c1-3-2(6)5-4(3)9(7)8/h1H3,(H,5,6)(H,7,8). The Hall–Kier alpha value is 1.04. The third kappa shape index (κ3) is 1.54. The molecule has 4 nitrogen and oxygen atoms in total. The van der Waals surface area contributed by atoms with Crippen molar-refractivity contribution < 1.29 is 13.6 Å². The fourth-order valence-corrected chi connectivity index (χ4v) is 22.8. The number of alkyl halides is 1. The van der Waals surface area contributed by atoms with Crippen LogP contribution in [0.1, 0.15) is 0 Å². The molecule has 0 radical (unpaired) electrons. The number of carbonyl (C=O) groups excluding carboxylic acids is 1. The zero-order chi connectivity index (χ0) is 7.02. The van der Waals surface area contributed by atoms with Crippen LogP contribution in [0.3, 0.4) is 0 Å². The number of hydrogen-bond acceptors (Lipinski definition) is 2. The molecule has 1 heterocycles. The second-order valence-corrected chi connectivity index (χ2v) is 28.3. The Morgan fingerprint density at radius 1 is 1.78 bits per heavy atom. The van der Waals surface area contributed by atoms with Crippen LogP contribution in [0.4, 0.5) is 4.79 Å². The molecule has 0 aromatic rings. The number of rotatable bonds is 1. The molecule has 0 aromatic heterocycles. The van der Waals surface area contributed by atoms with E-state index in [-0.39, 0.29) is 3.91 Å². The summed E-state index contributed by atoms with van der Waals surface area (Å²) in [5, 5.41) is 0. The van der Waals surface area contributed by atoms with E-state index >= 15 is 0 Å². The molecule has 1 rings (SSSR count). The molecule has 0 spiro atoms. The number of carbonyl (C=O) groups is 1. The Kier molecular flexibility index (Phi) is 2.68. The molecular formula is C2H5I2NO3S. The molecule has 1 atom stereocenters. The first kappa shape index (κ1) is 8.14. The van der Waals surface area contributed by atoms with E-state index in [9.17, 15) is 9.00 Å². The first-order valence-corrected chi connectivity index (χ1v) is 16.1. The van der Waals surface area contributed by atoms with E-state index in [4.69, 9.17) is 4.55 Å². The molecule has 7 heteroatoms. The van der Waals surface area contributed by atoms with Crippen LogP contribution in [-0.4, -0.2) is 17.6 Å². The summed E-state index contributed by atoms with van der Waals surface area (Å²) >= 11 is -3.34. The van der Waals surface area contributed by atoms with Gasteiger partial charge >= 0.3 is 64.8 Å². The quantitative estimate of drug-likeness (QED) is 0.181. The Morgan fingerprint density at radius 3 is 2.44 bits per heavy atom. The second kappa shape index (κ2) is 2.96. The first-order chi connectivity index (χ1) is 4.13. The van der Waals surface area contributed by atoms with Crippen molar-refractivity contribution >= 4 is 42.7 Å². The summed E-state index contributed by atoms with van der Waals surface area (Å²) in [6, 6.07) is 0. The van der Waals surface area contributed by atoms with Gasteiger partial charge in [-0.25, -0.2) is 0 Å². The first-order valence-electron chi connectivity index (χ1n) is 1.86. The SMILES string of the molecule is CI1C(=O)NI1S(=O)O. The fraction of sp³-hybridized carbons (Fsp3) is 0.500. The van der Waals surface area contributed by atoms with Gasteiger partial charge in [0, 0.05) is 0 Å². The molecule has 1 unspecified atom stereocenters. The van der Waals surface area contributed by atoms with Gasteiger partial charge in [0.05, 0.1) is 0 Å². The van der Waals surface area contributed by atoms with E-state index in [1.807, 2.05) is 4.93 Å². The molecule has 1 amide bonds. The van der Waals surface area contributed by atoms with Crippen molar-refractivity contribution in [3.05, 3.63) is 0 Å². The van der Waals surface area contributed by atoms with Crippen molar-refractivity contribution in [2.24, 2.45) is 0 Å². The molecule has 0 aliphatic carbocycles. The Labute approximate surface area is 64.0 Å². The van der Waals surface area contributed by atoms with Crippen molar-refractivity contribution in [3.63, 3.8) is 0 Å². The number of hydrogen-bond donors (Lipinski definition) is 2. The molecular weight excluding hydrogens is 372 g/mol. The van der Waals surface area contributed by atoms with Gasteiger partial charge in [0.1, 0.15) is 0 Å². The minimum absolute atomic E-state index is 0.0757. The summed E-state index contributed by atoms with van der Waals surface area (Å²) in [7, 11) is -1.68. The van der Waals surface area contributed by atoms with Crippen LogP contribution in [0, 0.1) is 0 Å². The van der Waals surface area contributed by atoms with E-state index < -0.39 is 38.8 Å². The third-order valence-electron chi connectivity index (χ3n) is 0.696. The van der Waals surface area contributed by atoms with Gasteiger partial charge in [-0.15, -0.1) is 0 Å². The van der Waals surface area contributed by atoms with Crippen LogP contribution < -0.4 is 3.53 Å². The monoisotopic (exact) mass is 377 g/mol. The zero-order valence-corrected chi connectivity index (χ0v) is 9.56. The van der Waals surface area contributed by atoms with E-state index in [0.717, 1.165) is 0 Å². The average molecular weight is 377 g/mol. The summed E-state index contributed by atoms with van der Waals surface area (Å²) < 4.78 is 21.5. The molecule has 0 saturated carbocycles. The number of halogens is 2. The van der Waals surface area contributed by atoms with Gasteiger partial charge in [0.2, 0.25) is 0 Å². The van der Waals surface area contributed by atoms with Gasteiger partial charge in [0.25, 0.3) is 0 Å². The van der Waals surface area contributed by atoms with Gasteiger partial charge < -0.3 is 0 Å². The van der Waals surface area contributed by atoms with Gasteiger partial charge in [-0.05, 0) is 0 Å². The van der Waals surface area contributed by atoms with Crippen LogP contribution in [0.15, 0.2) is 0 Å². The molecule has 56 valence electrons. The normalized spacial score (nSPS) is 28.9. The van der Waals surface area contributed by atoms with Crippen LogP contribution >= 0.6 is 30.6 Å². The zero-order valence-electron chi connectivity index (χ0n) is 4.43. The van der Waals surface area contributed by atoms with Gasteiger partial charge in [-0.2, -0.15) is 0 Å². The topological polar surface area (TPSA) is 66.4 Å². The van der Waals surface area contributed by atoms with Crippen LogP contribution in [0.25, 0.3) is 0 Å². The Balaban J connectivity index is 2.51. The van der Waals surface area contributed by atoms with Crippen molar-refractivity contribution in [1.82, 2.24) is 3.53 Å². The predicted octanol–water partition coefficient (Wildman–Crippen LogP) is 1.32. The minimum atomic E-state index is -1.80. The summed E-state index contributed by atoms with van der Waals surface area (Å²) in [4.78, 5) is 12.3. The second-order valence-electron chi connectivity index (χ2n) is 1.18. The maximum atomic E-state index is 10.5. The van der Waals surface area contributed by atoms with E-state index in [0.29, 0.717) is 0 Å². The summed E-state index contributed by atoms with van der Waals surface area (Å²) in [5.41, 5.74) is 0. The van der Waals surface area contributed by atoms with E-state index in [2.05, 4.69) is 3.53 Å². The summed E-state index contributed by atoms with van der Waals surface area (Å²) in [5.74, 6) is 0. The van der Waals surface area contributed by atoms with Crippen LogP contribution in [-0.2, 0) is 8.25 Å². The van der Waals surface area contributed by atoms with Gasteiger partial charge in [-0.1, -0.05) is 0 Å². The van der Waals surface area contributed by atoms with E-state index in [1.165, 1.54) is 0 Å². The molecule has 9 heavy (non-hydrogen) atoms. The summed E-state index contributed by atoms with van der Waals surface area (Å²) in [6.45, 7) is 0. The van der Waals surface area contributed by atoms with Gasteiger partial charge in [0.15, 0.2) is 0 Å². The molecule has 1 saturated heterocycles. The molecule has 1 fully saturated rings. The Bertz CT molecular complexity index is 173. The summed E-state index contributed by atoms with van der Waals surface area (Å²) in [6.07, 6.45) is 0. The molecule has 2 N–H and O–H groups in total. The van der Waals surface area contributed by atoms with Crippen LogP contribution in [0.2, 0.25) is 0 Å². The third-order valence-corrected chi connectivity index (χ3v) is 33.0. The van der Waals surface area contributed by atoms with E-state index in [1.54, 1.807) is 0 Å². The molecule has 0 aromatic carbocycles. The van der Waals surface area contributed by atoms with Crippen molar-refractivity contribution in [2.45, 2.75) is 0 Å². The van der Waals surface area contributed by atoms with Crippen molar-refractivity contribution in [3.8, 4) is 0 Å². The fourth-order valence-electron chi connectivity index (χ4n) is 0.301. The van der Waals surface area contributed by atoms with Gasteiger partial charge in [-0.3, -0.25) is 0 Å². The molecule has 0 bridgehead atoms.